The van der Waals surface area contributed by atoms with E-state index in [-0.39, 0.29) is 6.10 Å². The molecule has 1 aromatic carbocycles. The highest BCUT2D eigenvalue weighted by Gasteiger charge is 2.29. The van der Waals surface area contributed by atoms with E-state index in [0.29, 0.717) is 5.92 Å². The van der Waals surface area contributed by atoms with Crippen LogP contribution in [0.5, 0.6) is 0 Å². The van der Waals surface area contributed by atoms with E-state index in [1.807, 2.05) is 19.1 Å². The van der Waals surface area contributed by atoms with Crippen LogP contribution in [0.4, 0.5) is 0 Å². The summed E-state index contributed by atoms with van der Waals surface area (Å²) in [6.07, 6.45) is 0.572. The molecule has 0 unspecified atom stereocenters. The van der Waals surface area contributed by atoms with Crippen molar-refractivity contribution in [2.75, 3.05) is 0 Å². The van der Waals surface area contributed by atoms with Crippen LogP contribution in [0.1, 0.15) is 29.7 Å². The Labute approximate surface area is 83.3 Å². The minimum absolute atomic E-state index is 0.300. The van der Waals surface area contributed by atoms with Gasteiger partial charge in [0.15, 0.2) is 0 Å². The third-order valence-electron chi connectivity index (χ3n) is 2.76. The first-order chi connectivity index (χ1) is 6.09. The number of rotatable bonds is 0. The third kappa shape index (κ3) is 1.36. The van der Waals surface area contributed by atoms with Gasteiger partial charge in [-0.2, -0.15) is 0 Å². The molecule has 2 rings (SSSR count). The highest BCUT2D eigenvalue weighted by molar-refractivity contribution is 6.31. The van der Waals surface area contributed by atoms with E-state index in [1.165, 1.54) is 0 Å². The topological polar surface area (TPSA) is 20.2 Å². The maximum atomic E-state index is 9.84. The second kappa shape index (κ2) is 3.00. The molecule has 0 saturated carbocycles. The zero-order valence-corrected chi connectivity index (χ0v) is 8.60. The van der Waals surface area contributed by atoms with E-state index >= 15 is 0 Å². The molecule has 0 spiro atoms. The molecule has 0 heterocycles. The predicted octanol–water partition coefficient (Wildman–Crippen LogP) is 2.87. The van der Waals surface area contributed by atoms with Crippen LogP contribution in [0.15, 0.2) is 12.1 Å². The Bertz CT molecular complexity index is 346. The summed E-state index contributed by atoms with van der Waals surface area (Å²) >= 11 is 6.09. The predicted molar refractivity (Wildman–Crippen MR) is 54.0 cm³/mol. The van der Waals surface area contributed by atoms with Gasteiger partial charge < -0.3 is 5.11 Å². The number of halogens is 1. The van der Waals surface area contributed by atoms with Crippen LogP contribution in [0.3, 0.4) is 0 Å². The summed E-state index contributed by atoms with van der Waals surface area (Å²) in [7, 11) is 0. The van der Waals surface area contributed by atoms with Gasteiger partial charge in [0.25, 0.3) is 0 Å². The van der Waals surface area contributed by atoms with Gasteiger partial charge in [0, 0.05) is 5.02 Å². The molecule has 70 valence electrons. The van der Waals surface area contributed by atoms with Crippen molar-refractivity contribution in [1.29, 1.82) is 0 Å². The average molecular weight is 197 g/mol. The molecule has 13 heavy (non-hydrogen) atoms. The van der Waals surface area contributed by atoms with E-state index < -0.39 is 0 Å². The van der Waals surface area contributed by atoms with E-state index in [9.17, 15) is 5.11 Å². The first-order valence-corrected chi connectivity index (χ1v) is 4.94. The molecular formula is C11H13ClO. The van der Waals surface area contributed by atoms with Crippen molar-refractivity contribution in [2.24, 2.45) is 5.92 Å². The van der Waals surface area contributed by atoms with Gasteiger partial charge >= 0.3 is 0 Å². The van der Waals surface area contributed by atoms with Crippen molar-refractivity contribution in [3.05, 3.63) is 33.8 Å². The summed E-state index contributed by atoms with van der Waals surface area (Å²) in [6.45, 7) is 4.05. The van der Waals surface area contributed by atoms with Gasteiger partial charge in [-0.3, -0.25) is 0 Å². The van der Waals surface area contributed by atoms with Crippen LogP contribution in [-0.2, 0) is 6.42 Å². The second-order valence-corrected chi connectivity index (χ2v) is 4.35. The number of aliphatic hydroxyl groups is 1. The Morgan fingerprint density at radius 2 is 2.15 bits per heavy atom. The summed E-state index contributed by atoms with van der Waals surface area (Å²) in [4.78, 5) is 0. The SMILES string of the molecule is Cc1cc(Cl)c2c(c1)[C@H](O)[C@H](C)C2. The van der Waals surface area contributed by atoms with Crippen molar-refractivity contribution in [3.63, 3.8) is 0 Å². The average Bonchev–Trinajstić information content (AvgIpc) is 2.32. The molecule has 1 aliphatic carbocycles. The molecule has 0 aliphatic heterocycles. The monoisotopic (exact) mass is 196 g/mol. The summed E-state index contributed by atoms with van der Waals surface area (Å²) in [6, 6.07) is 4.00. The van der Waals surface area contributed by atoms with Gasteiger partial charge in [0.05, 0.1) is 6.10 Å². The van der Waals surface area contributed by atoms with Gasteiger partial charge in [-0.25, -0.2) is 0 Å². The lowest BCUT2D eigenvalue weighted by Crippen LogP contribution is -2.01. The van der Waals surface area contributed by atoms with Gasteiger partial charge in [-0.05, 0) is 42.0 Å². The number of benzene rings is 1. The summed E-state index contributed by atoms with van der Waals surface area (Å²) in [5.41, 5.74) is 3.28. The smallest absolute Gasteiger partial charge is 0.0822 e. The second-order valence-electron chi connectivity index (χ2n) is 3.94. The van der Waals surface area contributed by atoms with Crippen molar-refractivity contribution < 1.29 is 5.11 Å². The fourth-order valence-electron chi connectivity index (χ4n) is 2.02. The Hall–Kier alpha value is -0.530. The highest BCUT2D eigenvalue weighted by atomic mass is 35.5. The molecule has 0 aromatic heterocycles. The molecule has 0 radical (unpaired) electrons. The molecule has 0 saturated heterocycles. The van der Waals surface area contributed by atoms with Crippen LogP contribution >= 0.6 is 11.6 Å². The van der Waals surface area contributed by atoms with E-state index in [1.54, 1.807) is 0 Å². The van der Waals surface area contributed by atoms with Gasteiger partial charge in [-0.1, -0.05) is 24.6 Å². The number of aryl methyl sites for hydroxylation is 1. The van der Waals surface area contributed by atoms with E-state index in [0.717, 1.165) is 28.1 Å². The maximum absolute atomic E-state index is 9.84. The Kier molecular flexibility index (Phi) is 2.09. The Balaban J connectivity index is 2.57. The van der Waals surface area contributed by atoms with Crippen LogP contribution in [0.2, 0.25) is 5.02 Å². The van der Waals surface area contributed by atoms with Crippen molar-refractivity contribution in [1.82, 2.24) is 0 Å². The maximum Gasteiger partial charge on any atom is 0.0822 e. The zero-order chi connectivity index (χ0) is 9.59. The summed E-state index contributed by atoms with van der Waals surface area (Å²) in [5.74, 6) is 0.300. The van der Waals surface area contributed by atoms with E-state index in [4.69, 9.17) is 11.6 Å². The number of hydrogen-bond acceptors (Lipinski definition) is 1. The van der Waals surface area contributed by atoms with Gasteiger partial charge in [0.2, 0.25) is 0 Å². The number of aliphatic hydroxyl groups excluding tert-OH is 1. The lowest BCUT2D eigenvalue weighted by Gasteiger charge is -2.08. The molecule has 0 amide bonds. The van der Waals surface area contributed by atoms with Crippen molar-refractivity contribution >= 4 is 11.6 Å². The minimum atomic E-state index is -0.326. The number of hydrogen-bond donors (Lipinski definition) is 1. The molecule has 1 nitrogen and oxygen atoms in total. The fraction of sp³-hybridized carbons (Fsp3) is 0.455. The molecule has 2 atom stereocenters. The Morgan fingerprint density at radius 3 is 2.85 bits per heavy atom. The van der Waals surface area contributed by atoms with E-state index in [2.05, 4.69) is 6.92 Å². The molecule has 2 heteroatoms. The quantitative estimate of drug-likeness (QED) is 0.677. The summed E-state index contributed by atoms with van der Waals surface area (Å²) < 4.78 is 0. The molecule has 0 fully saturated rings. The fourth-order valence-corrected chi connectivity index (χ4v) is 2.38. The molecular weight excluding hydrogens is 184 g/mol. The first-order valence-electron chi connectivity index (χ1n) is 4.56. The molecule has 1 aromatic rings. The lowest BCUT2D eigenvalue weighted by molar-refractivity contribution is 0.133. The van der Waals surface area contributed by atoms with Crippen LogP contribution in [0.25, 0.3) is 0 Å². The van der Waals surface area contributed by atoms with Crippen LogP contribution in [0, 0.1) is 12.8 Å². The minimum Gasteiger partial charge on any atom is -0.388 e. The van der Waals surface area contributed by atoms with Crippen molar-refractivity contribution in [2.45, 2.75) is 26.4 Å². The van der Waals surface area contributed by atoms with Gasteiger partial charge in [0.1, 0.15) is 0 Å². The molecule has 1 N–H and O–H groups in total. The van der Waals surface area contributed by atoms with Crippen LogP contribution < -0.4 is 0 Å². The van der Waals surface area contributed by atoms with Crippen LogP contribution in [-0.4, -0.2) is 5.11 Å². The zero-order valence-electron chi connectivity index (χ0n) is 7.84. The normalized spacial score (nSPS) is 26.2. The number of fused-ring (bicyclic) bond motifs is 1. The Morgan fingerprint density at radius 1 is 1.46 bits per heavy atom. The largest absolute Gasteiger partial charge is 0.388 e. The highest BCUT2D eigenvalue weighted by Crippen LogP contribution is 2.39. The van der Waals surface area contributed by atoms with Gasteiger partial charge in [-0.15, -0.1) is 0 Å². The third-order valence-corrected chi connectivity index (χ3v) is 3.10. The lowest BCUT2D eigenvalue weighted by atomic mass is 10.1. The summed E-state index contributed by atoms with van der Waals surface area (Å²) in [5, 5.41) is 10.6. The first kappa shape index (κ1) is 9.04. The standard InChI is InChI=1S/C11H13ClO/c1-6-3-9-8(10(12)4-6)5-7(2)11(9)13/h3-4,7,11,13H,5H2,1-2H3/t7-,11-/m1/s1. The molecule has 1 aliphatic rings. The molecule has 0 bridgehead atoms. The van der Waals surface area contributed by atoms with Crippen molar-refractivity contribution in [3.8, 4) is 0 Å².